The first-order chi connectivity index (χ1) is 8.24. The van der Waals surface area contributed by atoms with Gasteiger partial charge in [0.05, 0.1) is 19.7 Å². The zero-order valence-corrected chi connectivity index (χ0v) is 11.0. The second kappa shape index (κ2) is 8.14. The molecule has 1 N–H and O–H groups in total. The van der Waals surface area contributed by atoms with Crippen LogP contribution in [0.15, 0.2) is 0 Å². The normalized spacial score (nSPS) is 11.3. The van der Waals surface area contributed by atoms with Crippen molar-refractivity contribution in [1.29, 1.82) is 0 Å². The molecule has 1 heterocycles. The standard InChI is InChI=1S/C11H23N5O/c1-4-12-9-11-13-14-15-16(11)6-8-17-7-5-10(2)3/h10,12H,4-9H2,1-3H3. The molecule has 0 unspecified atom stereocenters. The SMILES string of the molecule is CCNCc1nnnn1CCOCCC(C)C. The number of rotatable bonds is 9. The van der Waals surface area contributed by atoms with Gasteiger partial charge in [0.25, 0.3) is 0 Å². The Morgan fingerprint density at radius 1 is 1.35 bits per heavy atom. The Morgan fingerprint density at radius 2 is 2.18 bits per heavy atom. The highest BCUT2D eigenvalue weighted by molar-refractivity contribution is 4.79. The minimum atomic E-state index is 0.664. The summed E-state index contributed by atoms with van der Waals surface area (Å²) in [5, 5.41) is 14.8. The van der Waals surface area contributed by atoms with Crippen LogP contribution in [0.25, 0.3) is 0 Å². The van der Waals surface area contributed by atoms with Crippen molar-refractivity contribution < 1.29 is 4.74 Å². The van der Waals surface area contributed by atoms with Gasteiger partial charge in [0.2, 0.25) is 0 Å². The van der Waals surface area contributed by atoms with E-state index in [9.17, 15) is 0 Å². The molecule has 0 saturated heterocycles. The van der Waals surface area contributed by atoms with Gasteiger partial charge in [-0.2, -0.15) is 0 Å². The van der Waals surface area contributed by atoms with Crippen LogP contribution in [0.2, 0.25) is 0 Å². The van der Waals surface area contributed by atoms with Crippen LogP contribution in [-0.2, 0) is 17.8 Å². The highest BCUT2D eigenvalue weighted by Gasteiger charge is 2.04. The summed E-state index contributed by atoms with van der Waals surface area (Å²) in [6.07, 6.45) is 1.10. The Labute approximate surface area is 103 Å². The first-order valence-corrected chi connectivity index (χ1v) is 6.27. The molecule has 1 aromatic rings. The average molecular weight is 241 g/mol. The monoisotopic (exact) mass is 241 g/mol. The molecule has 0 bridgehead atoms. The zero-order chi connectivity index (χ0) is 12.5. The average Bonchev–Trinajstić information content (AvgIpc) is 2.73. The molecule has 1 aromatic heterocycles. The highest BCUT2D eigenvalue weighted by Crippen LogP contribution is 1.99. The van der Waals surface area contributed by atoms with Gasteiger partial charge in [0.15, 0.2) is 5.82 Å². The Hall–Kier alpha value is -1.01. The van der Waals surface area contributed by atoms with E-state index in [1.807, 2.05) is 0 Å². The van der Waals surface area contributed by atoms with E-state index < -0.39 is 0 Å². The molecular formula is C11H23N5O. The molecule has 0 aliphatic heterocycles. The van der Waals surface area contributed by atoms with Gasteiger partial charge >= 0.3 is 0 Å². The van der Waals surface area contributed by atoms with Crippen LogP contribution < -0.4 is 5.32 Å². The lowest BCUT2D eigenvalue weighted by molar-refractivity contribution is 0.113. The van der Waals surface area contributed by atoms with Crippen LogP contribution in [0.4, 0.5) is 0 Å². The van der Waals surface area contributed by atoms with Crippen molar-refractivity contribution in [1.82, 2.24) is 25.5 Å². The lowest BCUT2D eigenvalue weighted by Gasteiger charge is -2.07. The fourth-order valence-corrected chi connectivity index (χ4v) is 1.33. The van der Waals surface area contributed by atoms with Crippen LogP contribution in [0.3, 0.4) is 0 Å². The van der Waals surface area contributed by atoms with Crippen molar-refractivity contribution in [2.24, 2.45) is 5.92 Å². The predicted molar refractivity (Wildman–Crippen MR) is 65.5 cm³/mol. The van der Waals surface area contributed by atoms with Gasteiger partial charge in [-0.3, -0.25) is 0 Å². The van der Waals surface area contributed by atoms with Crippen molar-refractivity contribution in [3.63, 3.8) is 0 Å². The van der Waals surface area contributed by atoms with E-state index in [0.29, 0.717) is 25.6 Å². The van der Waals surface area contributed by atoms with E-state index in [1.165, 1.54) is 0 Å². The minimum Gasteiger partial charge on any atom is -0.380 e. The van der Waals surface area contributed by atoms with E-state index in [1.54, 1.807) is 4.68 Å². The molecule has 0 aromatic carbocycles. The second-order valence-electron chi connectivity index (χ2n) is 4.39. The number of aromatic nitrogens is 4. The summed E-state index contributed by atoms with van der Waals surface area (Å²) >= 11 is 0. The molecule has 6 nitrogen and oxygen atoms in total. The maximum atomic E-state index is 5.54. The van der Waals surface area contributed by atoms with E-state index in [4.69, 9.17) is 4.74 Å². The van der Waals surface area contributed by atoms with E-state index >= 15 is 0 Å². The van der Waals surface area contributed by atoms with E-state index in [0.717, 1.165) is 25.4 Å². The molecule has 0 saturated carbocycles. The molecule has 6 heteroatoms. The Kier molecular flexibility index (Phi) is 6.73. The van der Waals surface area contributed by atoms with Crippen molar-refractivity contribution in [2.75, 3.05) is 19.8 Å². The molecule has 0 spiro atoms. The van der Waals surface area contributed by atoms with Gasteiger partial charge in [-0.15, -0.1) is 5.10 Å². The first kappa shape index (κ1) is 14.1. The van der Waals surface area contributed by atoms with Gasteiger partial charge in [0.1, 0.15) is 0 Å². The van der Waals surface area contributed by atoms with E-state index in [2.05, 4.69) is 41.6 Å². The van der Waals surface area contributed by atoms with Gasteiger partial charge in [-0.25, -0.2) is 4.68 Å². The molecule has 0 radical (unpaired) electrons. The predicted octanol–water partition coefficient (Wildman–Crippen LogP) is 0.845. The summed E-state index contributed by atoms with van der Waals surface area (Å²) in [5.74, 6) is 1.55. The van der Waals surface area contributed by atoms with Gasteiger partial charge in [0, 0.05) is 6.61 Å². The summed E-state index contributed by atoms with van der Waals surface area (Å²) in [4.78, 5) is 0. The van der Waals surface area contributed by atoms with Crippen molar-refractivity contribution in [3.05, 3.63) is 5.82 Å². The number of nitrogens with one attached hydrogen (secondary N) is 1. The number of nitrogens with zero attached hydrogens (tertiary/aromatic N) is 4. The molecule has 17 heavy (non-hydrogen) atoms. The smallest absolute Gasteiger partial charge is 0.165 e. The fourth-order valence-electron chi connectivity index (χ4n) is 1.33. The second-order valence-corrected chi connectivity index (χ2v) is 4.39. The Bertz CT molecular complexity index is 300. The van der Waals surface area contributed by atoms with Crippen LogP contribution in [0.1, 0.15) is 33.0 Å². The molecule has 0 fully saturated rings. The van der Waals surface area contributed by atoms with Gasteiger partial charge < -0.3 is 10.1 Å². The van der Waals surface area contributed by atoms with Gasteiger partial charge in [-0.05, 0) is 29.3 Å². The maximum Gasteiger partial charge on any atom is 0.165 e. The molecular weight excluding hydrogens is 218 g/mol. The Morgan fingerprint density at radius 3 is 2.88 bits per heavy atom. The number of hydrogen-bond acceptors (Lipinski definition) is 5. The van der Waals surface area contributed by atoms with Crippen molar-refractivity contribution in [3.8, 4) is 0 Å². The summed E-state index contributed by atoms with van der Waals surface area (Å²) < 4.78 is 7.33. The molecule has 1 rings (SSSR count). The molecule has 98 valence electrons. The quantitative estimate of drug-likeness (QED) is 0.649. The lowest BCUT2D eigenvalue weighted by atomic mass is 10.1. The highest BCUT2D eigenvalue weighted by atomic mass is 16.5. The summed E-state index contributed by atoms with van der Waals surface area (Å²) in [5.41, 5.74) is 0. The third-order valence-electron chi connectivity index (χ3n) is 2.43. The van der Waals surface area contributed by atoms with Crippen molar-refractivity contribution in [2.45, 2.75) is 40.3 Å². The third-order valence-corrected chi connectivity index (χ3v) is 2.43. The Balaban J connectivity index is 2.19. The summed E-state index contributed by atoms with van der Waals surface area (Å²) in [6.45, 7) is 10.2. The first-order valence-electron chi connectivity index (χ1n) is 6.27. The minimum absolute atomic E-state index is 0.664. The molecule has 0 amide bonds. The summed E-state index contributed by atoms with van der Waals surface area (Å²) in [6, 6.07) is 0. The van der Waals surface area contributed by atoms with Gasteiger partial charge in [-0.1, -0.05) is 20.8 Å². The molecule has 0 aliphatic rings. The van der Waals surface area contributed by atoms with Crippen molar-refractivity contribution >= 4 is 0 Å². The van der Waals surface area contributed by atoms with Crippen LogP contribution in [0, 0.1) is 5.92 Å². The van der Waals surface area contributed by atoms with E-state index in [-0.39, 0.29) is 0 Å². The van der Waals surface area contributed by atoms with Crippen LogP contribution in [0.5, 0.6) is 0 Å². The maximum absolute atomic E-state index is 5.54. The molecule has 0 aliphatic carbocycles. The van der Waals surface area contributed by atoms with Crippen LogP contribution in [-0.4, -0.2) is 40.0 Å². The summed E-state index contributed by atoms with van der Waals surface area (Å²) in [7, 11) is 0. The topological polar surface area (TPSA) is 64.9 Å². The fraction of sp³-hybridized carbons (Fsp3) is 0.909. The number of hydrogen-bond donors (Lipinski definition) is 1. The zero-order valence-electron chi connectivity index (χ0n) is 11.0. The lowest BCUT2D eigenvalue weighted by Crippen LogP contribution is -2.18. The number of tetrazole rings is 1. The largest absolute Gasteiger partial charge is 0.380 e. The van der Waals surface area contributed by atoms with Crippen LogP contribution >= 0.6 is 0 Å². The molecule has 0 atom stereocenters. The number of ether oxygens (including phenoxy) is 1. The third kappa shape index (κ3) is 5.74.